The van der Waals surface area contributed by atoms with Crippen molar-refractivity contribution in [3.05, 3.63) is 78.4 Å². The molecule has 136 valence electrons. The Kier molecular flexibility index (Phi) is 4.33. The molecule has 0 unspecified atom stereocenters. The van der Waals surface area contributed by atoms with Gasteiger partial charge in [0.2, 0.25) is 15.0 Å². The lowest BCUT2D eigenvalue weighted by molar-refractivity contribution is 0.424. The van der Waals surface area contributed by atoms with Crippen LogP contribution in [0.5, 0.6) is 0 Å². The summed E-state index contributed by atoms with van der Waals surface area (Å²) in [5.41, 5.74) is 2.43. The number of rotatable bonds is 5. The number of hydrogen-bond donors (Lipinski definition) is 0. The number of hydrogen-bond acceptors (Lipinski definition) is 6. The van der Waals surface area contributed by atoms with Gasteiger partial charge in [-0.25, -0.2) is 13.4 Å². The van der Waals surface area contributed by atoms with Crippen LogP contribution in [0.1, 0.15) is 11.4 Å². The van der Waals surface area contributed by atoms with E-state index in [1.807, 2.05) is 61.5 Å². The fourth-order valence-corrected chi connectivity index (χ4v) is 4.05. The first-order valence-corrected chi connectivity index (χ1v) is 9.90. The first kappa shape index (κ1) is 17.2. The molecule has 0 atom stereocenters. The maximum Gasteiger partial charge on any atom is 0.257 e. The van der Waals surface area contributed by atoms with Crippen molar-refractivity contribution in [2.24, 2.45) is 0 Å². The van der Waals surface area contributed by atoms with E-state index in [-0.39, 0.29) is 16.9 Å². The lowest BCUT2D eigenvalue weighted by atomic mass is 10.2. The first-order chi connectivity index (χ1) is 13.0. The lowest BCUT2D eigenvalue weighted by Crippen LogP contribution is -2.13. The molecule has 7 nitrogen and oxygen atoms in total. The summed E-state index contributed by atoms with van der Waals surface area (Å²) in [6.45, 7) is 1.91. The van der Waals surface area contributed by atoms with Gasteiger partial charge >= 0.3 is 0 Å². The highest BCUT2D eigenvalue weighted by Crippen LogP contribution is 2.22. The van der Waals surface area contributed by atoms with E-state index in [2.05, 4.69) is 15.1 Å². The molecule has 0 aliphatic carbocycles. The summed E-state index contributed by atoms with van der Waals surface area (Å²) in [5.74, 6) is -0.0251. The third kappa shape index (κ3) is 3.39. The van der Waals surface area contributed by atoms with Crippen LogP contribution in [0.2, 0.25) is 0 Å². The van der Waals surface area contributed by atoms with Crippen molar-refractivity contribution in [1.82, 2.24) is 19.7 Å². The Morgan fingerprint density at radius 2 is 1.78 bits per heavy atom. The van der Waals surface area contributed by atoms with Crippen LogP contribution < -0.4 is 0 Å². The van der Waals surface area contributed by atoms with Gasteiger partial charge in [-0.2, -0.15) is 4.98 Å². The minimum atomic E-state index is -3.77. The van der Waals surface area contributed by atoms with Crippen molar-refractivity contribution >= 4 is 9.84 Å². The van der Waals surface area contributed by atoms with E-state index in [1.165, 1.54) is 6.20 Å². The molecule has 27 heavy (non-hydrogen) atoms. The second kappa shape index (κ2) is 6.81. The molecule has 4 aromatic rings. The molecule has 0 saturated heterocycles. The SMILES string of the molecule is Cc1ccccc1-n1ccnc1S(=O)(=O)Cc1noc(-c2ccccc2)n1. The monoisotopic (exact) mass is 380 g/mol. The number of imidazole rings is 1. The molecule has 0 aliphatic rings. The number of aryl methyl sites for hydroxylation is 1. The van der Waals surface area contributed by atoms with E-state index in [4.69, 9.17) is 4.52 Å². The molecule has 0 radical (unpaired) electrons. The number of sulfone groups is 1. The Morgan fingerprint density at radius 1 is 1.04 bits per heavy atom. The van der Waals surface area contributed by atoms with Crippen LogP contribution in [0.15, 0.2) is 76.7 Å². The molecule has 0 aliphatic heterocycles. The third-order valence-electron chi connectivity index (χ3n) is 4.07. The predicted octanol–water partition coefficient (Wildman–Crippen LogP) is 3.20. The van der Waals surface area contributed by atoms with Gasteiger partial charge in [-0.05, 0) is 30.7 Å². The van der Waals surface area contributed by atoms with Crippen molar-refractivity contribution < 1.29 is 12.9 Å². The zero-order valence-electron chi connectivity index (χ0n) is 14.5. The average Bonchev–Trinajstić information content (AvgIpc) is 3.32. The quantitative estimate of drug-likeness (QED) is 0.528. The summed E-state index contributed by atoms with van der Waals surface area (Å²) in [5, 5.41) is 3.75. The van der Waals surface area contributed by atoms with Crippen LogP contribution in [0.4, 0.5) is 0 Å². The molecule has 0 spiro atoms. The van der Waals surface area contributed by atoms with Crippen molar-refractivity contribution in [2.75, 3.05) is 0 Å². The van der Waals surface area contributed by atoms with Gasteiger partial charge < -0.3 is 4.52 Å². The van der Waals surface area contributed by atoms with Crippen LogP contribution in [0.25, 0.3) is 17.1 Å². The van der Waals surface area contributed by atoms with Crippen LogP contribution in [0, 0.1) is 6.92 Å². The maximum absolute atomic E-state index is 12.9. The summed E-state index contributed by atoms with van der Waals surface area (Å²) >= 11 is 0. The Hall–Kier alpha value is -3.26. The summed E-state index contributed by atoms with van der Waals surface area (Å²) in [4.78, 5) is 8.26. The highest BCUT2D eigenvalue weighted by Gasteiger charge is 2.25. The van der Waals surface area contributed by atoms with Crippen LogP contribution >= 0.6 is 0 Å². The average molecular weight is 380 g/mol. The minimum Gasteiger partial charge on any atom is -0.334 e. The molecule has 0 bridgehead atoms. The highest BCUT2D eigenvalue weighted by molar-refractivity contribution is 7.90. The smallest absolute Gasteiger partial charge is 0.257 e. The first-order valence-electron chi connectivity index (χ1n) is 8.25. The highest BCUT2D eigenvalue weighted by atomic mass is 32.2. The van der Waals surface area contributed by atoms with E-state index < -0.39 is 15.6 Å². The third-order valence-corrected chi connectivity index (χ3v) is 5.56. The zero-order valence-corrected chi connectivity index (χ0v) is 15.3. The van der Waals surface area contributed by atoms with Gasteiger partial charge in [-0.15, -0.1) is 0 Å². The molecule has 0 saturated carbocycles. The number of benzene rings is 2. The van der Waals surface area contributed by atoms with Crippen molar-refractivity contribution in [1.29, 1.82) is 0 Å². The summed E-state index contributed by atoms with van der Waals surface area (Å²) in [7, 11) is -3.77. The fourth-order valence-electron chi connectivity index (χ4n) is 2.78. The maximum atomic E-state index is 12.9. The Labute approximate surface area is 156 Å². The van der Waals surface area contributed by atoms with E-state index >= 15 is 0 Å². The van der Waals surface area contributed by atoms with Crippen LogP contribution in [-0.4, -0.2) is 28.1 Å². The van der Waals surface area contributed by atoms with Gasteiger partial charge in [0.15, 0.2) is 5.82 Å². The normalized spacial score (nSPS) is 11.6. The zero-order chi connectivity index (χ0) is 18.9. The molecule has 2 aromatic carbocycles. The molecule has 4 rings (SSSR count). The molecule has 2 aromatic heterocycles. The Bertz CT molecular complexity index is 1180. The van der Waals surface area contributed by atoms with E-state index in [0.717, 1.165) is 16.8 Å². The summed E-state index contributed by atoms with van der Waals surface area (Å²) < 4.78 is 32.6. The topological polar surface area (TPSA) is 90.9 Å². The lowest BCUT2D eigenvalue weighted by Gasteiger charge is -2.10. The van der Waals surface area contributed by atoms with Gasteiger partial charge in [0.25, 0.3) is 5.89 Å². The Balaban J connectivity index is 1.66. The molecular formula is C19H16N4O3S. The number of para-hydroxylation sites is 1. The molecule has 8 heteroatoms. The molecule has 0 N–H and O–H groups in total. The van der Waals surface area contributed by atoms with Crippen LogP contribution in [-0.2, 0) is 15.6 Å². The van der Waals surface area contributed by atoms with E-state index in [9.17, 15) is 8.42 Å². The van der Waals surface area contributed by atoms with Gasteiger partial charge in [0.05, 0.1) is 5.69 Å². The Morgan fingerprint density at radius 3 is 2.56 bits per heavy atom. The number of aromatic nitrogens is 4. The van der Waals surface area contributed by atoms with Crippen molar-refractivity contribution in [3.8, 4) is 17.1 Å². The van der Waals surface area contributed by atoms with Crippen molar-refractivity contribution in [2.45, 2.75) is 17.8 Å². The van der Waals surface area contributed by atoms with Gasteiger partial charge in [0, 0.05) is 18.0 Å². The van der Waals surface area contributed by atoms with Crippen LogP contribution in [0.3, 0.4) is 0 Å². The molecule has 0 amide bonds. The van der Waals surface area contributed by atoms with Crippen molar-refractivity contribution in [3.63, 3.8) is 0 Å². The minimum absolute atomic E-state index is 0.0529. The van der Waals surface area contributed by atoms with Gasteiger partial charge in [-0.3, -0.25) is 4.57 Å². The standard InChI is InChI=1S/C19H16N4O3S/c1-14-7-5-6-10-16(14)23-12-11-20-19(23)27(24,25)13-17-21-18(26-22-17)15-8-3-2-4-9-15/h2-12H,13H2,1H3. The van der Waals surface area contributed by atoms with E-state index in [0.29, 0.717) is 0 Å². The summed E-state index contributed by atoms with van der Waals surface area (Å²) in [6, 6.07) is 16.7. The summed E-state index contributed by atoms with van der Waals surface area (Å²) in [6.07, 6.45) is 3.09. The van der Waals surface area contributed by atoms with Gasteiger partial charge in [0.1, 0.15) is 5.75 Å². The molecule has 0 fully saturated rings. The molecular weight excluding hydrogens is 364 g/mol. The second-order valence-electron chi connectivity index (χ2n) is 6.01. The predicted molar refractivity (Wildman–Crippen MR) is 98.9 cm³/mol. The number of nitrogens with zero attached hydrogens (tertiary/aromatic N) is 4. The second-order valence-corrected chi connectivity index (χ2v) is 7.89. The fraction of sp³-hybridized carbons (Fsp3) is 0.105. The largest absolute Gasteiger partial charge is 0.334 e. The molecule has 2 heterocycles. The van der Waals surface area contributed by atoms with E-state index in [1.54, 1.807) is 10.8 Å². The van der Waals surface area contributed by atoms with Gasteiger partial charge in [-0.1, -0.05) is 41.6 Å².